The van der Waals surface area contributed by atoms with Gasteiger partial charge in [0.15, 0.2) is 0 Å². The van der Waals surface area contributed by atoms with Crippen molar-refractivity contribution in [3.05, 3.63) is 78.2 Å². The number of fused-ring (bicyclic) bond motifs is 1. The van der Waals surface area contributed by atoms with E-state index in [9.17, 15) is 4.79 Å². The molecule has 1 aromatic carbocycles. The lowest BCUT2D eigenvalue weighted by Gasteiger charge is -2.33. The van der Waals surface area contributed by atoms with E-state index in [0.29, 0.717) is 19.7 Å². The molecule has 0 saturated carbocycles. The van der Waals surface area contributed by atoms with Gasteiger partial charge in [-0.15, -0.1) is 0 Å². The number of rotatable bonds is 5. The van der Waals surface area contributed by atoms with Gasteiger partial charge in [0, 0.05) is 31.5 Å². The minimum absolute atomic E-state index is 0.142. The summed E-state index contributed by atoms with van der Waals surface area (Å²) in [5.41, 5.74) is 4.04. The fraction of sp³-hybridized carbons (Fsp3) is 0.292. The van der Waals surface area contributed by atoms with Gasteiger partial charge in [-0.3, -0.25) is 14.7 Å². The number of hydrogen-bond acceptors (Lipinski definition) is 6. The van der Waals surface area contributed by atoms with E-state index in [4.69, 9.17) is 4.74 Å². The van der Waals surface area contributed by atoms with Crippen LogP contribution < -0.4 is 10.2 Å². The molecule has 7 heteroatoms. The lowest BCUT2D eigenvalue weighted by molar-refractivity contribution is -0.121. The molecule has 0 bridgehead atoms. The Balaban J connectivity index is 1.20. The van der Waals surface area contributed by atoms with Crippen LogP contribution >= 0.6 is 0 Å². The summed E-state index contributed by atoms with van der Waals surface area (Å²) in [6.07, 6.45) is 4.32. The van der Waals surface area contributed by atoms with E-state index in [1.165, 1.54) is 5.56 Å². The number of aromatic nitrogens is 2. The summed E-state index contributed by atoms with van der Waals surface area (Å²) in [4.78, 5) is 25.9. The predicted molar refractivity (Wildman–Crippen MR) is 119 cm³/mol. The van der Waals surface area contributed by atoms with Crippen molar-refractivity contribution in [2.75, 3.05) is 43.0 Å². The Morgan fingerprint density at radius 2 is 1.97 bits per heavy atom. The number of benzene rings is 1. The Morgan fingerprint density at radius 1 is 1.06 bits per heavy atom. The number of hydrogen-bond donors (Lipinski definition) is 1. The maximum absolute atomic E-state index is 13.0. The number of pyridine rings is 2. The van der Waals surface area contributed by atoms with Crippen molar-refractivity contribution in [2.24, 2.45) is 0 Å². The summed E-state index contributed by atoms with van der Waals surface area (Å²) in [6, 6.07) is 17.8. The normalized spacial score (nSPS) is 18.6. The summed E-state index contributed by atoms with van der Waals surface area (Å²) in [6.45, 7) is 3.15. The Kier molecular flexibility index (Phi) is 5.60. The van der Waals surface area contributed by atoms with Gasteiger partial charge < -0.3 is 15.0 Å². The first-order chi connectivity index (χ1) is 15.3. The van der Waals surface area contributed by atoms with Crippen molar-refractivity contribution >= 4 is 23.1 Å². The highest BCUT2D eigenvalue weighted by Gasteiger charge is 2.29. The lowest BCUT2D eigenvalue weighted by atomic mass is 10.1. The number of carbonyl (C=O) groups is 1. The Bertz CT molecular complexity index is 1040. The molecule has 7 nitrogen and oxygen atoms in total. The molecular formula is C24H25N5O2. The minimum Gasteiger partial charge on any atom is -0.369 e. The average molecular weight is 415 g/mol. The number of ether oxygens (including phenoxy) is 1. The first-order valence-corrected chi connectivity index (χ1v) is 10.6. The van der Waals surface area contributed by atoms with Crippen LogP contribution in [0.3, 0.4) is 0 Å². The van der Waals surface area contributed by atoms with Crippen LogP contribution in [0.15, 0.2) is 67.0 Å². The largest absolute Gasteiger partial charge is 0.369 e. The van der Waals surface area contributed by atoms with Crippen LogP contribution in [0.2, 0.25) is 0 Å². The molecule has 3 aromatic rings. The molecule has 1 unspecified atom stereocenters. The quantitative estimate of drug-likeness (QED) is 0.690. The highest BCUT2D eigenvalue weighted by molar-refractivity contribution is 5.96. The number of nitrogens with one attached hydrogen (secondary N) is 1. The molecule has 1 atom stereocenters. The van der Waals surface area contributed by atoms with E-state index in [0.717, 1.165) is 42.4 Å². The van der Waals surface area contributed by atoms with Gasteiger partial charge in [0.1, 0.15) is 11.9 Å². The fourth-order valence-electron chi connectivity index (χ4n) is 4.15. The zero-order valence-electron chi connectivity index (χ0n) is 17.3. The van der Waals surface area contributed by atoms with Crippen LogP contribution in [0.25, 0.3) is 0 Å². The highest BCUT2D eigenvalue weighted by Crippen LogP contribution is 2.28. The second kappa shape index (κ2) is 8.83. The molecule has 0 radical (unpaired) electrons. The van der Waals surface area contributed by atoms with Crippen molar-refractivity contribution in [1.29, 1.82) is 0 Å². The summed E-state index contributed by atoms with van der Waals surface area (Å²) >= 11 is 0. The molecule has 0 spiro atoms. The smallest absolute Gasteiger partial charge is 0.241 e. The van der Waals surface area contributed by atoms with Gasteiger partial charge in [-0.1, -0.05) is 24.3 Å². The number of carbonyl (C=O) groups excluding carboxylic acids is 1. The SMILES string of the molecule is O=C(CN1CCOC(c2ccc(Nc3ccccn3)cn2)C1)N1CCc2ccccc21. The Labute approximate surface area is 181 Å². The number of amides is 1. The molecule has 5 rings (SSSR count). The predicted octanol–water partition coefficient (Wildman–Crippen LogP) is 3.18. The van der Waals surface area contributed by atoms with E-state index in [2.05, 4.69) is 26.3 Å². The molecule has 4 heterocycles. The van der Waals surface area contributed by atoms with E-state index in [-0.39, 0.29) is 12.0 Å². The molecule has 1 amide bonds. The number of morpholine rings is 1. The third kappa shape index (κ3) is 4.42. The van der Waals surface area contributed by atoms with Gasteiger partial charge in [0.2, 0.25) is 5.91 Å². The molecule has 2 aliphatic heterocycles. The van der Waals surface area contributed by atoms with Crippen molar-refractivity contribution < 1.29 is 9.53 Å². The third-order valence-electron chi connectivity index (χ3n) is 5.75. The number of nitrogens with zero attached hydrogens (tertiary/aromatic N) is 4. The summed E-state index contributed by atoms with van der Waals surface area (Å²) in [5.74, 6) is 0.924. The average Bonchev–Trinajstić information content (AvgIpc) is 3.25. The topological polar surface area (TPSA) is 70.6 Å². The second-order valence-electron chi connectivity index (χ2n) is 7.83. The van der Waals surface area contributed by atoms with E-state index in [1.807, 2.05) is 53.4 Å². The Hall–Kier alpha value is -3.29. The molecule has 2 aromatic heterocycles. The van der Waals surface area contributed by atoms with Crippen molar-refractivity contribution in [3.8, 4) is 0 Å². The maximum atomic E-state index is 13.0. The highest BCUT2D eigenvalue weighted by atomic mass is 16.5. The van der Waals surface area contributed by atoms with Crippen molar-refractivity contribution in [2.45, 2.75) is 12.5 Å². The van der Waals surface area contributed by atoms with Crippen molar-refractivity contribution in [1.82, 2.24) is 14.9 Å². The zero-order valence-corrected chi connectivity index (χ0v) is 17.3. The standard InChI is InChI=1S/C24H25N5O2/c30-24(29-12-10-18-5-1-2-6-21(18)29)17-28-13-14-31-22(16-28)20-9-8-19(15-26-20)27-23-7-3-4-11-25-23/h1-9,11,15,22H,10,12-14,16-17H2,(H,25,27). The first-order valence-electron chi connectivity index (χ1n) is 10.6. The van der Waals surface area contributed by atoms with Crippen LogP contribution in [-0.4, -0.2) is 53.6 Å². The van der Waals surface area contributed by atoms with Crippen LogP contribution in [0, 0.1) is 0 Å². The molecular weight excluding hydrogens is 390 g/mol. The van der Waals surface area contributed by atoms with Gasteiger partial charge in [0.05, 0.1) is 30.7 Å². The van der Waals surface area contributed by atoms with Crippen LogP contribution in [-0.2, 0) is 16.0 Å². The van der Waals surface area contributed by atoms with Gasteiger partial charge in [-0.25, -0.2) is 4.98 Å². The van der Waals surface area contributed by atoms with Crippen molar-refractivity contribution in [3.63, 3.8) is 0 Å². The van der Waals surface area contributed by atoms with E-state index < -0.39 is 0 Å². The second-order valence-corrected chi connectivity index (χ2v) is 7.83. The molecule has 1 saturated heterocycles. The van der Waals surface area contributed by atoms with E-state index in [1.54, 1.807) is 12.4 Å². The molecule has 31 heavy (non-hydrogen) atoms. The van der Waals surface area contributed by atoms with Gasteiger partial charge >= 0.3 is 0 Å². The van der Waals surface area contributed by atoms with Crippen LogP contribution in [0.4, 0.5) is 17.2 Å². The lowest BCUT2D eigenvalue weighted by Crippen LogP contribution is -2.45. The van der Waals surface area contributed by atoms with Gasteiger partial charge in [0.25, 0.3) is 0 Å². The molecule has 0 aliphatic carbocycles. The Morgan fingerprint density at radius 3 is 2.81 bits per heavy atom. The van der Waals surface area contributed by atoms with Gasteiger partial charge in [-0.05, 0) is 42.3 Å². The molecule has 2 aliphatic rings. The molecule has 1 N–H and O–H groups in total. The molecule has 1 fully saturated rings. The van der Waals surface area contributed by atoms with Crippen LogP contribution in [0.1, 0.15) is 17.4 Å². The first kappa shape index (κ1) is 19.7. The van der Waals surface area contributed by atoms with Crippen LogP contribution in [0.5, 0.6) is 0 Å². The zero-order chi connectivity index (χ0) is 21.0. The summed E-state index contributed by atoms with van der Waals surface area (Å²) in [5, 5.41) is 3.23. The number of anilines is 3. The fourth-order valence-corrected chi connectivity index (χ4v) is 4.15. The minimum atomic E-state index is -0.142. The maximum Gasteiger partial charge on any atom is 0.241 e. The van der Waals surface area contributed by atoms with Gasteiger partial charge in [-0.2, -0.15) is 0 Å². The third-order valence-corrected chi connectivity index (χ3v) is 5.75. The molecule has 158 valence electrons. The monoisotopic (exact) mass is 415 g/mol. The summed E-state index contributed by atoms with van der Waals surface area (Å²) in [7, 11) is 0. The van der Waals surface area contributed by atoms with E-state index >= 15 is 0 Å². The number of para-hydroxylation sites is 1. The summed E-state index contributed by atoms with van der Waals surface area (Å²) < 4.78 is 5.95.